The van der Waals surface area contributed by atoms with Gasteiger partial charge >= 0.3 is 0 Å². The lowest BCUT2D eigenvalue weighted by Crippen LogP contribution is -2.11. The summed E-state index contributed by atoms with van der Waals surface area (Å²) in [6, 6.07) is 2.09. The van der Waals surface area contributed by atoms with E-state index in [1.807, 2.05) is 21.1 Å². The highest BCUT2D eigenvalue weighted by Gasteiger charge is 2.12. The van der Waals surface area contributed by atoms with Crippen LogP contribution in [0, 0.1) is 0 Å². The van der Waals surface area contributed by atoms with Crippen molar-refractivity contribution in [2.75, 3.05) is 44.6 Å². The van der Waals surface area contributed by atoms with E-state index in [2.05, 4.69) is 26.4 Å². The number of ether oxygens (including phenoxy) is 1. The van der Waals surface area contributed by atoms with Gasteiger partial charge in [-0.1, -0.05) is 0 Å². The molecule has 2 rings (SSSR count). The third-order valence-electron chi connectivity index (χ3n) is 3.26. The summed E-state index contributed by atoms with van der Waals surface area (Å²) in [6.45, 7) is 2.14. The zero-order chi connectivity index (χ0) is 17.5. The van der Waals surface area contributed by atoms with Crippen LogP contribution in [-0.2, 0) is 30.7 Å². The predicted molar refractivity (Wildman–Crippen MR) is 96.9 cm³/mol. The molecule has 2 aromatic rings. The largest absolute Gasteiger partial charge is 0.463 e. The van der Waals surface area contributed by atoms with E-state index in [1.165, 1.54) is 0 Å². The molecule has 24 heavy (non-hydrogen) atoms. The number of thioether (sulfide) groups is 1. The first-order valence-corrected chi connectivity index (χ1v) is 8.87. The fourth-order valence-electron chi connectivity index (χ4n) is 2.26. The Bertz CT molecular complexity index is 640. The fraction of sp³-hybridized carbons (Fsp3) is 0.600. The van der Waals surface area contributed by atoms with Crippen molar-refractivity contribution < 1.29 is 9.15 Å². The summed E-state index contributed by atoms with van der Waals surface area (Å²) in [6.07, 6.45) is 0. The zero-order valence-electron chi connectivity index (χ0n) is 14.7. The van der Waals surface area contributed by atoms with Gasteiger partial charge in [0.05, 0.1) is 18.9 Å². The first-order chi connectivity index (χ1) is 11.5. The summed E-state index contributed by atoms with van der Waals surface area (Å²) in [5.41, 5.74) is 6.67. The lowest BCUT2D eigenvalue weighted by atomic mass is 10.2. The second-order valence-electron chi connectivity index (χ2n) is 5.73. The van der Waals surface area contributed by atoms with Crippen LogP contribution in [0.25, 0.3) is 0 Å². The lowest BCUT2D eigenvalue weighted by Gasteiger charge is -2.08. The van der Waals surface area contributed by atoms with Crippen LogP contribution in [0.5, 0.6) is 0 Å². The van der Waals surface area contributed by atoms with Crippen LogP contribution in [-0.4, -0.2) is 53.2 Å². The van der Waals surface area contributed by atoms with Crippen molar-refractivity contribution in [1.29, 1.82) is 0 Å². The van der Waals surface area contributed by atoms with Gasteiger partial charge in [0, 0.05) is 32.0 Å². The van der Waals surface area contributed by atoms with Crippen molar-refractivity contribution in [1.82, 2.24) is 19.7 Å². The number of nitrogen functional groups attached to an aromatic ring is 1. The Hall–Kier alpha value is -1.71. The number of hydrogen-bond acceptors (Lipinski definition) is 8. The number of anilines is 2. The van der Waals surface area contributed by atoms with Crippen LogP contribution in [0.1, 0.15) is 17.1 Å². The number of rotatable bonds is 10. The summed E-state index contributed by atoms with van der Waals surface area (Å²) in [4.78, 5) is 6.19. The van der Waals surface area contributed by atoms with Crippen LogP contribution in [0.15, 0.2) is 10.5 Å². The average molecular weight is 354 g/mol. The van der Waals surface area contributed by atoms with Crippen molar-refractivity contribution in [2.24, 2.45) is 7.05 Å². The molecule has 0 atom stereocenters. The van der Waals surface area contributed by atoms with Gasteiger partial charge < -0.3 is 25.1 Å². The number of nitrogens with two attached hydrogens (primary N) is 1. The van der Waals surface area contributed by atoms with Gasteiger partial charge in [-0.05, 0) is 20.2 Å². The molecular weight excluding hydrogens is 328 g/mol. The second-order valence-corrected chi connectivity index (χ2v) is 6.83. The maximum Gasteiger partial charge on any atom is 0.241 e. The smallest absolute Gasteiger partial charge is 0.241 e. The van der Waals surface area contributed by atoms with Gasteiger partial charge in [0.15, 0.2) is 0 Å². The molecule has 8 nitrogen and oxygen atoms in total. The molecule has 0 unspecified atom stereocenters. The van der Waals surface area contributed by atoms with E-state index in [4.69, 9.17) is 14.9 Å². The van der Waals surface area contributed by atoms with Gasteiger partial charge in [-0.15, -0.1) is 5.10 Å². The maximum atomic E-state index is 5.96. The molecule has 0 fully saturated rings. The molecule has 0 spiro atoms. The molecule has 0 saturated heterocycles. The van der Waals surface area contributed by atoms with E-state index >= 15 is 0 Å². The highest BCUT2D eigenvalue weighted by molar-refractivity contribution is 7.98. The number of aromatic nitrogens is 3. The van der Waals surface area contributed by atoms with Crippen LogP contribution in [0.4, 0.5) is 11.9 Å². The van der Waals surface area contributed by atoms with E-state index in [9.17, 15) is 0 Å². The topological polar surface area (TPSA) is 94.4 Å². The zero-order valence-corrected chi connectivity index (χ0v) is 15.5. The van der Waals surface area contributed by atoms with E-state index in [-0.39, 0.29) is 5.95 Å². The van der Waals surface area contributed by atoms with Gasteiger partial charge in [0.25, 0.3) is 0 Å². The Morgan fingerprint density at radius 3 is 2.88 bits per heavy atom. The summed E-state index contributed by atoms with van der Waals surface area (Å²) >= 11 is 1.80. The molecule has 2 heterocycles. The van der Waals surface area contributed by atoms with Crippen molar-refractivity contribution in [3.63, 3.8) is 0 Å². The second kappa shape index (κ2) is 8.95. The normalized spacial score (nSPS) is 11.4. The van der Waals surface area contributed by atoms with Crippen LogP contribution >= 0.6 is 11.8 Å². The molecule has 134 valence electrons. The first kappa shape index (κ1) is 18.6. The molecule has 0 aliphatic heterocycles. The molecule has 9 heteroatoms. The number of hydrogen-bond donors (Lipinski definition) is 2. The van der Waals surface area contributed by atoms with Gasteiger partial charge in [-0.3, -0.25) is 0 Å². The maximum absolute atomic E-state index is 5.96. The molecule has 0 radical (unpaired) electrons. The number of furan rings is 1. The molecule has 3 N–H and O–H groups in total. The van der Waals surface area contributed by atoms with Gasteiger partial charge in [0.2, 0.25) is 11.9 Å². The van der Waals surface area contributed by atoms with Crippen LogP contribution in [0.2, 0.25) is 0 Å². The molecule has 0 aliphatic rings. The Labute approximate surface area is 146 Å². The third-order valence-corrected chi connectivity index (χ3v) is 4.24. The summed E-state index contributed by atoms with van der Waals surface area (Å²) < 4.78 is 12.8. The van der Waals surface area contributed by atoms with Crippen LogP contribution in [0.3, 0.4) is 0 Å². The summed E-state index contributed by atoms with van der Waals surface area (Å²) in [5, 5.41) is 7.21. The van der Waals surface area contributed by atoms with Crippen molar-refractivity contribution in [3.05, 3.63) is 23.2 Å². The highest BCUT2D eigenvalue weighted by Crippen LogP contribution is 2.22. The van der Waals surface area contributed by atoms with Gasteiger partial charge in [-0.2, -0.15) is 16.7 Å². The Balaban J connectivity index is 1.78. The minimum Gasteiger partial charge on any atom is -0.463 e. The highest BCUT2D eigenvalue weighted by atomic mass is 32.2. The van der Waals surface area contributed by atoms with Crippen molar-refractivity contribution in [3.8, 4) is 0 Å². The van der Waals surface area contributed by atoms with E-state index < -0.39 is 0 Å². The summed E-state index contributed by atoms with van der Waals surface area (Å²) in [7, 11) is 7.56. The number of nitrogens with zero attached hydrogens (tertiary/aromatic N) is 4. The number of aryl methyl sites for hydroxylation is 1. The van der Waals surface area contributed by atoms with Crippen molar-refractivity contribution in [2.45, 2.75) is 18.9 Å². The average Bonchev–Trinajstić information content (AvgIpc) is 3.02. The molecule has 0 aliphatic carbocycles. The Morgan fingerprint density at radius 1 is 1.46 bits per heavy atom. The van der Waals surface area contributed by atoms with Gasteiger partial charge in [0.1, 0.15) is 11.5 Å². The van der Waals surface area contributed by atoms with Crippen LogP contribution < -0.4 is 11.1 Å². The fourth-order valence-corrected chi connectivity index (χ4v) is 3.00. The lowest BCUT2D eigenvalue weighted by molar-refractivity contribution is 0.181. The van der Waals surface area contributed by atoms with Gasteiger partial charge in [-0.25, -0.2) is 4.68 Å². The molecule has 0 saturated carbocycles. The molecular formula is C15H26N6O2S. The molecule has 2 aromatic heterocycles. The Kier molecular flexibility index (Phi) is 6.95. The first-order valence-electron chi connectivity index (χ1n) is 7.72. The summed E-state index contributed by atoms with van der Waals surface area (Å²) in [5.74, 6) is 4.67. The quantitative estimate of drug-likeness (QED) is 0.621. The van der Waals surface area contributed by atoms with Crippen molar-refractivity contribution >= 4 is 23.7 Å². The number of nitrogens with one attached hydrogen (secondary N) is 1. The number of methoxy groups -OCH3 is 1. The standard InChI is InChI=1S/C15H26N6O2S/c1-20(2)8-13-11(9-22-4)7-12(23-13)10-24-6-5-17-15-18-14(16)19-21(15)3/h7H,5-6,8-10H2,1-4H3,(H3,16,17,18,19). The molecule has 0 aromatic carbocycles. The Morgan fingerprint density at radius 2 is 2.25 bits per heavy atom. The molecule has 0 amide bonds. The van der Waals surface area contributed by atoms with E-state index in [0.29, 0.717) is 12.6 Å². The SMILES string of the molecule is COCc1cc(CSCCNc2nc(N)nn2C)oc1CN(C)C. The molecule has 0 bridgehead atoms. The minimum absolute atomic E-state index is 0.280. The predicted octanol–water partition coefficient (Wildman–Crippen LogP) is 1.54. The minimum atomic E-state index is 0.280. The monoisotopic (exact) mass is 354 g/mol. The third kappa shape index (κ3) is 5.43. The van der Waals surface area contributed by atoms with E-state index in [0.717, 1.165) is 41.7 Å². The van der Waals surface area contributed by atoms with E-state index in [1.54, 1.807) is 23.6 Å².